The highest BCUT2D eigenvalue weighted by atomic mass is 35.5. The average Bonchev–Trinajstić information content (AvgIpc) is 2.30. The van der Waals surface area contributed by atoms with Crippen molar-refractivity contribution >= 4 is 18.3 Å². The van der Waals surface area contributed by atoms with E-state index in [1.165, 1.54) is 0 Å². The maximum Gasteiger partial charge on any atom is 0.231 e. The van der Waals surface area contributed by atoms with E-state index in [1.54, 1.807) is 18.1 Å². The monoisotopic (exact) mass is 262 g/mol. The molecule has 17 heavy (non-hydrogen) atoms. The summed E-state index contributed by atoms with van der Waals surface area (Å²) in [5.41, 5.74) is -0.336. The first-order valence-corrected chi connectivity index (χ1v) is 5.72. The number of carbonyl (C=O) groups excluding carboxylic acids is 1. The number of methoxy groups -OCH3 is 1. The number of nitrogens with zero attached hydrogens (tertiary/aromatic N) is 1. The van der Waals surface area contributed by atoms with Crippen molar-refractivity contribution in [3.63, 3.8) is 0 Å². The topological polar surface area (TPSA) is 41.6 Å². The Morgan fingerprint density at radius 2 is 2.12 bits per heavy atom. The zero-order chi connectivity index (χ0) is 12.0. The lowest BCUT2D eigenvalue weighted by Crippen LogP contribution is -2.50. The van der Waals surface area contributed by atoms with E-state index in [2.05, 4.69) is 11.9 Å². The maximum absolute atomic E-state index is 12.4. The molecule has 0 bridgehead atoms. The lowest BCUT2D eigenvalue weighted by atomic mass is 9.78. The molecule has 1 heterocycles. The summed E-state index contributed by atoms with van der Waals surface area (Å²) in [5, 5.41) is 3.28. The van der Waals surface area contributed by atoms with Gasteiger partial charge >= 0.3 is 0 Å². The molecule has 1 rings (SSSR count). The second kappa shape index (κ2) is 7.69. The van der Waals surface area contributed by atoms with Crippen LogP contribution in [0.4, 0.5) is 0 Å². The molecule has 1 aliphatic heterocycles. The SMILES string of the molecule is C=CCN(C)C(=O)C1(COC)CCNCC1.Cl. The summed E-state index contributed by atoms with van der Waals surface area (Å²) in [4.78, 5) is 14.1. The Labute approximate surface area is 110 Å². The van der Waals surface area contributed by atoms with E-state index in [-0.39, 0.29) is 23.7 Å². The summed E-state index contributed by atoms with van der Waals surface area (Å²) >= 11 is 0. The number of likely N-dealkylation sites (N-methyl/N-ethyl adjacent to an activating group) is 1. The van der Waals surface area contributed by atoms with Crippen LogP contribution < -0.4 is 5.32 Å². The third-order valence-corrected chi connectivity index (χ3v) is 3.18. The zero-order valence-corrected chi connectivity index (χ0v) is 11.5. The van der Waals surface area contributed by atoms with Gasteiger partial charge in [-0.15, -0.1) is 19.0 Å². The molecule has 1 saturated heterocycles. The van der Waals surface area contributed by atoms with Gasteiger partial charge in [0.25, 0.3) is 0 Å². The Bertz CT molecular complexity index is 247. The average molecular weight is 263 g/mol. The van der Waals surface area contributed by atoms with Crippen molar-refractivity contribution in [1.82, 2.24) is 10.2 Å². The second-order valence-corrected chi connectivity index (χ2v) is 4.44. The predicted octanol–water partition coefficient (Wildman–Crippen LogP) is 1.07. The molecule has 0 spiro atoms. The van der Waals surface area contributed by atoms with Gasteiger partial charge < -0.3 is 15.0 Å². The highest BCUT2D eigenvalue weighted by molar-refractivity contribution is 5.85. The van der Waals surface area contributed by atoms with Crippen molar-refractivity contribution in [3.05, 3.63) is 12.7 Å². The largest absolute Gasteiger partial charge is 0.384 e. The Morgan fingerprint density at radius 3 is 2.59 bits per heavy atom. The molecule has 1 aliphatic rings. The molecular weight excluding hydrogens is 240 g/mol. The number of hydrogen-bond donors (Lipinski definition) is 1. The number of piperidine rings is 1. The van der Waals surface area contributed by atoms with Gasteiger partial charge in [0.1, 0.15) is 0 Å². The summed E-state index contributed by atoms with van der Waals surface area (Å²) in [6.45, 7) is 6.54. The van der Waals surface area contributed by atoms with E-state index in [9.17, 15) is 4.79 Å². The van der Waals surface area contributed by atoms with Crippen LogP contribution in [-0.4, -0.2) is 51.2 Å². The molecule has 0 unspecified atom stereocenters. The Balaban J connectivity index is 0.00000256. The zero-order valence-electron chi connectivity index (χ0n) is 10.7. The minimum Gasteiger partial charge on any atom is -0.384 e. The van der Waals surface area contributed by atoms with Crippen molar-refractivity contribution in [2.45, 2.75) is 12.8 Å². The molecule has 0 atom stereocenters. The van der Waals surface area contributed by atoms with Crippen molar-refractivity contribution in [2.24, 2.45) is 5.41 Å². The molecule has 0 aromatic rings. The first kappa shape index (κ1) is 16.4. The summed E-state index contributed by atoms with van der Waals surface area (Å²) in [5.74, 6) is 0.177. The molecule has 0 aliphatic carbocycles. The van der Waals surface area contributed by atoms with Gasteiger partial charge in [0.2, 0.25) is 5.91 Å². The van der Waals surface area contributed by atoms with Gasteiger partial charge in [-0.1, -0.05) is 6.08 Å². The van der Waals surface area contributed by atoms with Crippen LogP contribution in [0.3, 0.4) is 0 Å². The van der Waals surface area contributed by atoms with Crippen molar-refractivity contribution in [2.75, 3.05) is 40.4 Å². The molecule has 100 valence electrons. The smallest absolute Gasteiger partial charge is 0.231 e. The van der Waals surface area contributed by atoms with Crippen molar-refractivity contribution in [1.29, 1.82) is 0 Å². The molecule has 1 amide bonds. The van der Waals surface area contributed by atoms with Gasteiger partial charge in [0.15, 0.2) is 0 Å². The van der Waals surface area contributed by atoms with E-state index < -0.39 is 0 Å². The number of amides is 1. The van der Waals surface area contributed by atoms with Crippen LogP contribution in [0.5, 0.6) is 0 Å². The third-order valence-electron chi connectivity index (χ3n) is 3.18. The molecule has 5 heteroatoms. The molecule has 0 aromatic heterocycles. The summed E-state index contributed by atoms with van der Waals surface area (Å²) in [6.07, 6.45) is 3.45. The van der Waals surface area contributed by atoms with Crippen molar-refractivity contribution < 1.29 is 9.53 Å². The summed E-state index contributed by atoms with van der Waals surface area (Å²) in [7, 11) is 3.48. The first-order valence-electron chi connectivity index (χ1n) is 5.72. The lowest BCUT2D eigenvalue weighted by molar-refractivity contribution is -0.145. The van der Waals surface area contributed by atoms with Crippen LogP contribution in [-0.2, 0) is 9.53 Å². The number of rotatable bonds is 5. The fourth-order valence-electron chi connectivity index (χ4n) is 2.28. The fraction of sp³-hybridized carbons (Fsp3) is 0.750. The molecule has 1 N–H and O–H groups in total. The van der Waals surface area contributed by atoms with Gasteiger partial charge in [-0.25, -0.2) is 0 Å². The van der Waals surface area contributed by atoms with E-state index in [0.717, 1.165) is 25.9 Å². The van der Waals surface area contributed by atoms with Gasteiger partial charge in [0.05, 0.1) is 12.0 Å². The standard InChI is InChI=1S/C12H22N2O2.ClH/c1-4-9-14(2)11(15)12(10-16-3)5-7-13-8-6-12;/h4,13H,1,5-10H2,2-3H3;1H. The number of nitrogens with one attached hydrogen (secondary N) is 1. The maximum atomic E-state index is 12.4. The third kappa shape index (κ3) is 3.98. The minimum absolute atomic E-state index is 0. The quantitative estimate of drug-likeness (QED) is 0.754. The number of ether oxygens (including phenoxy) is 1. The number of hydrogen-bond acceptors (Lipinski definition) is 3. The fourth-order valence-corrected chi connectivity index (χ4v) is 2.28. The van der Waals surface area contributed by atoms with E-state index in [0.29, 0.717) is 13.2 Å². The molecule has 0 saturated carbocycles. The molecule has 0 radical (unpaired) electrons. The Kier molecular flexibility index (Phi) is 7.43. The second-order valence-electron chi connectivity index (χ2n) is 4.44. The van der Waals surface area contributed by atoms with Gasteiger partial charge in [-0.05, 0) is 25.9 Å². The molecule has 1 fully saturated rings. The Morgan fingerprint density at radius 1 is 1.53 bits per heavy atom. The van der Waals surface area contributed by atoms with Crippen LogP contribution in [0.25, 0.3) is 0 Å². The summed E-state index contributed by atoms with van der Waals surface area (Å²) < 4.78 is 5.23. The highest BCUT2D eigenvalue weighted by Crippen LogP contribution is 2.31. The number of halogens is 1. The number of carbonyl (C=O) groups is 1. The van der Waals surface area contributed by atoms with E-state index in [4.69, 9.17) is 4.74 Å². The minimum atomic E-state index is -0.336. The normalized spacial score (nSPS) is 18.0. The van der Waals surface area contributed by atoms with Crippen LogP contribution >= 0.6 is 12.4 Å². The van der Waals surface area contributed by atoms with Crippen LogP contribution in [0.1, 0.15) is 12.8 Å². The molecular formula is C12H23ClN2O2. The van der Waals surface area contributed by atoms with Crippen molar-refractivity contribution in [3.8, 4) is 0 Å². The molecule has 4 nitrogen and oxygen atoms in total. The van der Waals surface area contributed by atoms with Gasteiger partial charge in [-0.2, -0.15) is 0 Å². The van der Waals surface area contributed by atoms with Crippen LogP contribution in [0.15, 0.2) is 12.7 Å². The van der Waals surface area contributed by atoms with Gasteiger partial charge in [0, 0.05) is 20.7 Å². The first-order chi connectivity index (χ1) is 7.66. The van der Waals surface area contributed by atoms with E-state index >= 15 is 0 Å². The predicted molar refractivity (Wildman–Crippen MR) is 71.5 cm³/mol. The summed E-state index contributed by atoms with van der Waals surface area (Å²) in [6, 6.07) is 0. The molecule has 0 aromatic carbocycles. The highest BCUT2D eigenvalue weighted by Gasteiger charge is 2.41. The van der Waals surface area contributed by atoms with Crippen LogP contribution in [0, 0.1) is 5.41 Å². The van der Waals surface area contributed by atoms with Crippen LogP contribution in [0.2, 0.25) is 0 Å². The lowest BCUT2D eigenvalue weighted by Gasteiger charge is -2.38. The van der Waals surface area contributed by atoms with E-state index in [1.807, 2.05) is 7.05 Å². The Hall–Kier alpha value is -0.580. The van der Waals surface area contributed by atoms with Gasteiger partial charge in [-0.3, -0.25) is 4.79 Å².